The first-order valence-corrected chi connectivity index (χ1v) is 6.41. The van der Waals surface area contributed by atoms with Crippen molar-refractivity contribution >= 4 is 11.8 Å². The number of hydrogen-bond donors (Lipinski definition) is 3. The van der Waals surface area contributed by atoms with Gasteiger partial charge in [0.05, 0.1) is 6.04 Å². The first kappa shape index (κ1) is 16.0. The molecule has 0 bridgehead atoms. The molecule has 0 aliphatic carbocycles. The van der Waals surface area contributed by atoms with E-state index in [2.05, 4.69) is 5.32 Å². The molecule has 0 aliphatic heterocycles. The number of rotatable bonds is 6. The zero-order chi connectivity index (χ0) is 15.1. The van der Waals surface area contributed by atoms with Crippen molar-refractivity contribution in [3.63, 3.8) is 0 Å². The number of carbonyl (C=O) groups is 2. The van der Waals surface area contributed by atoms with E-state index in [1.54, 1.807) is 38.4 Å². The highest BCUT2D eigenvalue weighted by Gasteiger charge is 2.14. The third kappa shape index (κ3) is 5.27. The summed E-state index contributed by atoms with van der Waals surface area (Å²) in [6, 6.07) is 5.87. The minimum Gasteiger partial charge on any atom is -0.508 e. The van der Waals surface area contributed by atoms with E-state index in [-0.39, 0.29) is 30.5 Å². The van der Waals surface area contributed by atoms with Gasteiger partial charge >= 0.3 is 0 Å². The minimum atomic E-state index is -0.672. The van der Waals surface area contributed by atoms with Gasteiger partial charge in [-0.2, -0.15) is 0 Å². The minimum absolute atomic E-state index is 0.0441. The van der Waals surface area contributed by atoms with Gasteiger partial charge in [-0.1, -0.05) is 12.1 Å². The predicted octanol–water partition coefficient (Wildman–Crippen LogP) is -0.143. The lowest BCUT2D eigenvalue weighted by molar-refractivity contribution is -0.128. The zero-order valence-corrected chi connectivity index (χ0v) is 11.8. The van der Waals surface area contributed by atoms with Crippen LogP contribution >= 0.6 is 0 Å². The normalized spacial score (nSPS) is 11.8. The topological polar surface area (TPSA) is 95.7 Å². The zero-order valence-electron chi connectivity index (χ0n) is 11.8. The Morgan fingerprint density at radius 2 is 1.90 bits per heavy atom. The van der Waals surface area contributed by atoms with Gasteiger partial charge in [0, 0.05) is 27.1 Å². The lowest BCUT2D eigenvalue weighted by Gasteiger charge is -2.14. The molecule has 2 amide bonds. The average molecular weight is 279 g/mol. The summed E-state index contributed by atoms with van der Waals surface area (Å²) in [5.74, 6) is -0.156. The molecule has 0 saturated carbocycles. The van der Waals surface area contributed by atoms with Gasteiger partial charge in [0.15, 0.2) is 0 Å². The Morgan fingerprint density at radius 1 is 1.30 bits per heavy atom. The summed E-state index contributed by atoms with van der Waals surface area (Å²) in [5.41, 5.74) is 6.66. The second-order valence-electron chi connectivity index (χ2n) is 4.81. The van der Waals surface area contributed by atoms with Crippen LogP contribution in [0.2, 0.25) is 0 Å². The molecule has 0 aliphatic rings. The molecule has 6 nitrogen and oxygen atoms in total. The Morgan fingerprint density at radius 3 is 2.45 bits per heavy atom. The molecule has 6 heteroatoms. The number of amides is 2. The molecule has 0 fully saturated rings. The highest BCUT2D eigenvalue weighted by molar-refractivity contribution is 5.82. The summed E-state index contributed by atoms with van der Waals surface area (Å²) < 4.78 is 0. The monoisotopic (exact) mass is 279 g/mol. The molecule has 1 rings (SSSR count). The van der Waals surface area contributed by atoms with E-state index in [0.717, 1.165) is 5.56 Å². The Balaban J connectivity index is 2.36. The van der Waals surface area contributed by atoms with Crippen LogP contribution in [0.15, 0.2) is 24.3 Å². The maximum atomic E-state index is 11.8. The van der Waals surface area contributed by atoms with E-state index in [9.17, 15) is 9.59 Å². The standard InChI is InChI=1S/C14H21N3O3/c1-17(2)13(19)7-8-16-14(20)12(15)9-10-3-5-11(18)6-4-10/h3-6,12,18H,7-9,15H2,1-2H3,(H,16,20). The van der Waals surface area contributed by atoms with Gasteiger partial charge < -0.3 is 21.1 Å². The fourth-order valence-corrected chi connectivity index (χ4v) is 1.63. The number of phenolic OH excluding ortho intramolecular Hbond substituents is 1. The first-order chi connectivity index (χ1) is 9.40. The highest BCUT2D eigenvalue weighted by Crippen LogP contribution is 2.10. The van der Waals surface area contributed by atoms with E-state index in [4.69, 9.17) is 10.8 Å². The Bertz CT molecular complexity index is 457. The Kier molecular flexibility index (Phi) is 5.99. The summed E-state index contributed by atoms with van der Waals surface area (Å²) in [6.45, 7) is 0.277. The predicted molar refractivity (Wildman–Crippen MR) is 76.1 cm³/mol. The van der Waals surface area contributed by atoms with E-state index >= 15 is 0 Å². The van der Waals surface area contributed by atoms with Crippen LogP contribution < -0.4 is 11.1 Å². The molecule has 1 atom stereocenters. The van der Waals surface area contributed by atoms with Gasteiger partial charge in [-0.15, -0.1) is 0 Å². The SMILES string of the molecule is CN(C)C(=O)CCNC(=O)C(N)Cc1ccc(O)cc1. The molecular formula is C14H21N3O3. The quantitative estimate of drug-likeness (QED) is 0.675. The number of phenols is 1. The number of aromatic hydroxyl groups is 1. The summed E-state index contributed by atoms with van der Waals surface area (Å²) in [4.78, 5) is 24.6. The van der Waals surface area contributed by atoms with Crippen LogP contribution in [-0.4, -0.2) is 48.5 Å². The number of benzene rings is 1. The van der Waals surface area contributed by atoms with Crippen molar-refractivity contribution in [2.75, 3.05) is 20.6 Å². The molecule has 1 aromatic rings. The Labute approximate surface area is 118 Å². The van der Waals surface area contributed by atoms with Gasteiger partial charge in [0.25, 0.3) is 0 Å². The van der Waals surface area contributed by atoms with E-state index < -0.39 is 6.04 Å². The number of nitrogens with one attached hydrogen (secondary N) is 1. The number of hydrogen-bond acceptors (Lipinski definition) is 4. The van der Waals surface area contributed by atoms with Crippen LogP contribution in [0.5, 0.6) is 5.75 Å². The smallest absolute Gasteiger partial charge is 0.237 e. The van der Waals surface area contributed by atoms with Crippen LogP contribution in [0, 0.1) is 0 Å². The lowest BCUT2D eigenvalue weighted by atomic mass is 10.1. The van der Waals surface area contributed by atoms with Gasteiger partial charge in [-0.25, -0.2) is 0 Å². The molecule has 1 unspecified atom stereocenters. The number of nitrogens with two attached hydrogens (primary N) is 1. The second kappa shape index (κ2) is 7.49. The van der Waals surface area contributed by atoms with Crippen LogP contribution in [0.4, 0.5) is 0 Å². The van der Waals surface area contributed by atoms with E-state index in [1.165, 1.54) is 4.90 Å². The van der Waals surface area contributed by atoms with Crippen LogP contribution in [0.25, 0.3) is 0 Å². The van der Waals surface area contributed by atoms with Crippen molar-refractivity contribution in [1.29, 1.82) is 0 Å². The van der Waals surface area contributed by atoms with Crippen LogP contribution in [0.3, 0.4) is 0 Å². The highest BCUT2D eigenvalue weighted by atomic mass is 16.3. The Hall–Kier alpha value is -2.08. The molecule has 4 N–H and O–H groups in total. The number of nitrogens with zero attached hydrogens (tertiary/aromatic N) is 1. The van der Waals surface area contributed by atoms with Gasteiger partial charge in [0.2, 0.25) is 11.8 Å². The molecule has 0 spiro atoms. The maximum Gasteiger partial charge on any atom is 0.237 e. The van der Waals surface area contributed by atoms with Crippen molar-refractivity contribution in [1.82, 2.24) is 10.2 Å². The van der Waals surface area contributed by atoms with Gasteiger partial charge in [-0.05, 0) is 24.1 Å². The molecule has 0 aromatic heterocycles. The maximum absolute atomic E-state index is 11.8. The third-order valence-corrected chi connectivity index (χ3v) is 2.87. The average Bonchev–Trinajstić information content (AvgIpc) is 2.40. The first-order valence-electron chi connectivity index (χ1n) is 6.41. The summed E-state index contributed by atoms with van der Waals surface area (Å²) in [7, 11) is 3.33. The second-order valence-corrected chi connectivity index (χ2v) is 4.81. The van der Waals surface area contributed by atoms with Gasteiger partial charge in [0.1, 0.15) is 5.75 Å². The summed E-state index contributed by atoms with van der Waals surface area (Å²) >= 11 is 0. The van der Waals surface area contributed by atoms with Crippen molar-refractivity contribution in [3.8, 4) is 5.75 Å². The van der Waals surface area contributed by atoms with Crippen molar-refractivity contribution in [2.24, 2.45) is 5.73 Å². The van der Waals surface area contributed by atoms with Crippen LogP contribution in [0.1, 0.15) is 12.0 Å². The molecule has 0 saturated heterocycles. The molecule has 0 radical (unpaired) electrons. The van der Waals surface area contributed by atoms with Crippen molar-refractivity contribution in [2.45, 2.75) is 18.9 Å². The summed E-state index contributed by atoms with van der Waals surface area (Å²) in [5, 5.41) is 11.8. The lowest BCUT2D eigenvalue weighted by Crippen LogP contribution is -2.43. The van der Waals surface area contributed by atoms with Gasteiger partial charge in [-0.3, -0.25) is 9.59 Å². The molecule has 20 heavy (non-hydrogen) atoms. The molecule has 110 valence electrons. The fraction of sp³-hybridized carbons (Fsp3) is 0.429. The summed E-state index contributed by atoms with van der Waals surface area (Å²) in [6.07, 6.45) is 0.637. The number of carbonyl (C=O) groups excluding carboxylic acids is 2. The largest absolute Gasteiger partial charge is 0.508 e. The molecule has 0 heterocycles. The molecule has 1 aromatic carbocycles. The van der Waals surface area contributed by atoms with Crippen molar-refractivity contribution in [3.05, 3.63) is 29.8 Å². The van der Waals surface area contributed by atoms with Crippen molar-refractivity contribution < 1.29 is 14.7 Å². The van der Waals surface area contributed by atoms with E-state index in [1.807, 2.05) is 0 Å². The molecular weight excluding hydrogens is 258 g/mol. The van der Waals surface area contributed by atoms with E-state index in [0.29, 0.717) is 6.42 Å². The van der Waals surface area contributed by atoms with Crippen LogP contribution in [-0.2, 0) is 16.0 Å². The third-order valence-electron chi connectivity index (χ3n) is 2.87. The fourth-order valence-electron chi connectivity index (χ4n) is 1.63.